The van der Waals surface area contributed by atoms with E-state index >= 15 is 0 Å². The second-order valence-electron chi connectivity index (χ2n) is 5.18. The molecule has 0 bridgehead atoms. The molecule has 0 aromatic heterocycles. The lowest BCUT2D eigenvalue weighted by molar-refractivity contribution is 0.641. The maximum absolute atomic E-state index is 6.25. The van der Waals surface area contributed by atoms with Crippen LogP contribution in [0.5, 0.6) is 0 Å². The minimum Gasteiger partial charge on any atom is -0.271 e. The molecule has 3 aromatic rings. The predicted molar refractivity (Wildman–Crippen MR) is 89.3 cm³/mol. The summed E-state index contributed by atoms with van der Waals surface area (Å²) >= 11 is 6.25. The maximum atomic E-state index is 6.25. The molecule has 3 rings (SSSR count). The number of hydrogen-bond donors (Lipinski definition) is 2. The molecule has 1 atom stereocenters. The third kappa shape index (κ3) is 2.66. The van der Waals surface area contributed by atoms with Gasteiger partial charge in [-0.05, 0) is 40.5 Å². The normalized spacial score (nSPS) is 12.5. The Bertz CT molecular complexity index is 778. The van der Waals surface area contributed by atoms with E-state index in [0.717, 1.165) is 21.7 Å². The number of hydrogen-bond acceptors (Lipinski definition) is 2. The lowest BCUT2D eigenvalue weighted by atomic mass is 9.94. The fourth-order valence-electron chi connectivity index (χ4n) is 2.66. The van der Waals surface area contributed by atoms with Gasteiger partial charge in [-0.2, -0.15) is 0 Å². The van der Waals surface area contributed by atoms with Crippen LogP contribution >= 0.6 is 11.6 Å². The molecule has 2 nitrogen and oxygen atoms in total. The van der Waals surface area contributed by atoms with Crippen LogP contribution in [-0.2, 0) is 0 Å². The van der Waals surface area contributed by atoms with Crippen LogP contribution in [0.15, 0.2) is 60.7 Å². The Morgan fingerprint density at radius 3 is 2.52 bits per heavy atom. The highest BCUT2D eigenvalue weighted by atomic mass is 35.5. The van der Waals surface area contributed by atoms with Crippen molar-refractivity contribution in [3.8, 4) is 0 Å². The molecule has 0 aliphatic rings. The van der Waals surface area contributed by atoms with E-state index in [1.807, 2.05) is 31.2 Å². The summed E-state index contributed by atoms with van der Waals surface area (Å²) in [5.74, 6) is 5.82. The molecule has 3 N–H and O–H groups in total. The summed E-state index contributed by atoms with van der Waals surface area (Å²) in [5.41, 5.74) is 6.19. The maximum Gasteiger partial charge on any atom is 0.0716 e. The van der Waals surface area contributed by atoms with Crippen molar-refractivity contribution in [2.24, 2.45) is 5.84 Å². The second-order valence-corrected chi connectivity index (χ2v) is 5.58. The van der Waals surface area contributed by atoms with E-state index in [4.69, 9.17) is 17.4 Å². The first-order valence-electron chi connectivity index (χ1n) is 6.90. The molecule has 0 fully saturated rings. The highest BCUT2D eigenvalue weighted by Crippen LogP contribution is 2.30. The molecule has 3 aromatic carbocycles. The van der Waals surface area contributed by atoms with Gasteiger partial charge in [-0.15, -0.1) is 0 Å². The number of benzene rings is 3. The number of nitrogens with two attached hydrogens (primary N) is 1. The van der Waals surface area contributed by atoms with E-state index in [2.05, 4.69) is 41.8 Å². The van der Waals surface area contributed by atoms with Crippen LogP contribution in [0, 0.1) is 6.92 Å². The molecule has 0 amide bonds. The molecule has 0 aliphatic carbocycles. The minimum absolute atomic E-state index is 0.0887. The summed E-state index contributed by atoms with van der Waals surface area (Å²) in [7, 11) is 0. The first kappa shape index (κ1) is 14.1. The Labute approximate surface area is 129 Å². The number of aryl methyl sites for hydroxylation is 1. The van der Waals surface area contributed by atoms with Gasteiger partial charge in [0.2, 0.25) is 0 Å². The Hall–Kier alpha value is -1.87. The van der Waals surface area contributed by atoms with Gasteiger partial charge in [0.1, 0.15) is 0 Å². The average molecular weight is 297 g/mol. The van der Waals surface area contributed by atoms with Crippen molar-refractivity contribution in [3.63, 3.8) is 0 Å². The summed E-state index contributed by atoms with van der Waals surface area (Å²) in [6.45, 7) is 1.99. The van der Waals surface area contributed by atoms with E-state index in [0.29, 0.717) is 0 Å². The summed E-state index contributed by atoms with van der Waals surface area (Å²) in [6, 6.07) is 20.5. The Morgan fingerprint density at radius 1 is 1.00 bits per heavy atom. The van der Waals surface area contributed by atoms with Gasteiger partial charge in [-0.25, -0.2) is 5.43 Å². The van der Waals surface area contributed by atoms with Crippen molar-refractivity contribution in [2.45, 2.75) is 13.0 Å². The average Bonchev–Trinajstić information content (AvgIpc) is 2.52. The summed E-state index contributed by atoms with van der Waals surface area (Å²) in [4.78, 5) is 0. The second kappa shape index (κ2) is 5.86. The SMILES string of the molecule is Cc1ccc(C(NN)c2cccc3ccccc23)cc1Cl. The molecular formula is C18H17ClN2. The lowest BCUT2D eigenvalue weighted by Gasteiger charge is -2.19. The van der Waals surface area contributed by atoms with Gasteiger partial charge in [-0.3, -0.25) is 5.84 Å². The summed E-state index contributed by atoms with van der Waals surface area (Å²) < 4.78 is 0. The molecule has 3 heteroatoms. The molecule has 0 spiro atoms. The van der Waals surface area contributed by atoms with Crippen molar-refractivity contribution in [1.82, 2.24) is 5.43 Å². The largest absolute Gasteiger partial charge is 0.271 e. The van der Waals surface area contributed by atoms with Crippen LogP contribution in [0.2, 0.25) is 5.02 Å². The Kier molecular flexibility index (Phi) is 3.93. The molecule has 0 saturated heterocycles. The molecule has 0 aliphatic heterocycles. The third-order valence-corrected chi connectivity index (χ3v) is 4.24. The number of rotatable bonds is 3. The first-order chi connectivity index (χ1) is 10.2. The quantitative estimate of drug-likeness (QED) is 0.557. The Balaban J connectivity index is 2.16. The number of fused-ring (bicyclic) bond motifs is 1. The highest BCUT2D eigenvalue weighted by molar-refractivity contribution is 6.31. The van der Waals surface area contributed by atoms with Crippen LogP contribution < -0.4 is 11.3 Å². The number of nitrogens with one attached hydrogen (secondary N) is 1. The van der Waals surface area contributed by atoms with Gasteiger partial charge < -0.3 is 0 Å². The number of hydrazine groups is 1. The molecule has 21 heavy (non-hydrogen) atoms. The molecule has 1 unspecified atom stereocenters. The van der Waals surface area contributed by atoms with Crippen molar-refractivity contribution in [2.75, 3.05) is 0 Å². The molecule has 0 heterocycles. The van der Waals surface area contributed by atoms with Gasteiger partial charge in [0.15, 0.2) is 0 Å². The minimum atomic E-state index is -0.0887. The zero-order valence-corrected chi connectivity index (χ0v) is 12.6. The monoisotopic (exact) mass is 296 g/mol. The van der Waals surface area contributed by atoms with Crippen LogP contribution in [0.4, 0.5) is 0 Å². The van der Waals surface area contributed by atoms with Crippen LogP contribution in [0.3, 0.4) is 0 Å². The fourth-order valence-corrected chi connectivity index (χ4v) is 2.85. The lowest BCUT2D eigenvalue weighted by Crippen LogP contribution is -2.29. The van der Waals surface area contributed by atoms with Crippen molar-refractivity contribution < 1.29 is 0 Å². The van der Waals surface area contributed by atoms with Crippen LogP contribution in [-0.4, -0.2) is 0 Å². The fraction of sp³-hybridized carbons (Fsp3) is 0.111. The van der Waals surface area contributed by atoms with Gasteiger partial charge in [0.05, 0.1) is 6.04 Å². The zero-order chi connectivity index (χ0) is 14.8. The van der Waals surface area contributed by atoms with E-state index in [9.17, 15) is 0 Å². The molecular weight excluding hydrogens is 280 g/mol. The first-order valence-corrected chi connectivity index (χ1v) is 7.28. The summed E-state index contributed by atoms with van der Waals surface area (Å²) in [5, 5.41) is 3.15. The molecule has 106 valence electrons. The zero-order valence-electron chi connectivity index (χ0n) is 11.8. The molecule has 0 saturated carbocycles. The van der Waals surface area contributed by atoms with Crippen molar-refractivity contribution in [1.29, 1.82) is 0 Å². The topological polar surface area (TPSA) is 38.0 Å². The highest BCUT2D eigenvalue weighted by Gasteiger charge is 2.15. The smallest absolute Gasteiger partial charge is 0.0716 e. The Morgan fingerprint density at radius 2 is 1.76 bits per heavy atom. The van der Waals surface area contributed by atoms with Crippen LogP contribution in [0.25, 0.3) is 10.8 Å². The number of halogens is 1. The van der Waals surface area contributed by atoms with E-state index < -0.39 is 0 Å². The standard InChI is InChI=1S/C18H17ClN2/c1-12-9-10-14(11-17(12)19)18(21-20)16-8-4-6-13-5-2-3-7-15(13)16/h2-11,18,21H,20H2,1H3. The van der Waals surface area contributed by atoms with Crippen molar-refractivity contribution >= 4 is 22.4 Å². The van der Waals surface area contributed by atoms with Gasteiger partial charge in [-0.1, -0.05) is 66.2 Å². The summed E-state index contributed by atoms with van der Waals surface area (Å²) in [6.07, 6.45) is 0. The third-order valence-electron chi connectivity index (χ3n) is 3.83. The van der Waals surface area contributed by atoms with Crippen LogP contribution in [0.1, 0.15) is 22.7 Å². The van der Waals surface area contributed by atoms with Gasteiger partial charge >= 0.3 is 0 Å². The van der Waals surface area contributed by atoms with E-state index in [1.165, 1.54) is 10.8 Å². The van der Waals surface area contributed by atoms with E-state index in [-0.39, 0.29) is 6.04 Å². The van der Waals surface area contributed by atoms with Crippen molar-refractivity contribution in [3.05, 3.63) is 82.4 Å². The molecule has 0 radical (unpaired) electrons. The van der Waals surface area contributed by atoms with Gasteiger partial charge in [0.25, 0.3) is 0 Å². The predicted octanol–water partition coefficient (Wildman–Crippen LogP) is 4.35. The van der Waals surface area contributed by atoms with Gasteiger partial charge in [0, 0.05) is 5.02 Å². The van der Waals surface area contributed by atoms with E-state index in [1.54, 1.807) is 0 Å².